The lowest BCUT2D eigenvalue weighted by Gasteiger charge is -2.21. The highest BCUT2D eigenvalue weighted by atomic mass is 32.1. The molecule has 0 atom stereocenters. The molecule has 122 valence electrons. The van der Waals surface area contributed by atoms with E-state index in [9.17, 15) is 9.59 Å². The van der Waals surface area contributed by atoms with Gasteiger partial charge in [-0.25, -0.2) is 0 Å². The minimum Gasteiger partial charge on any atom is -0.370 e. The molecule has 1 amide bonds. The molecule has 3 rings (SSSR count). The second kappa shape index (κ2) is 7.00. The van der Waals surface area contributed by atoms with Crippen LogP contribution in [0.15, 0.2) is 34.4 Å². The first-order valence-electron chi connectivity index (χ1n) is 7.94. The normalized spacial score (nSPS) is 14.2. The Labute approximate surface area is 139 Å². The first-order valence-corrected chi connectivity index (χ1v) is 8.82. The molecule has 1 fully saturated rings. The van der Waals surface area contributed by atoms with Gasteiger partial charge in [0.25, 0.3) is 0 Å². The van der Waals surface area contributed by atoms with Gasteiger partial charge in [-0.2, -0.15) is 0 Å². The zero-order chi connectivity index (χ0) is 16.2. The van der Waals surface area contributed by atoms with Gasteiger partial charge in [0.05, 0.1) is 11.4 Å². The predicted octanol–water partition coefficient (Wildman–Crippen LogP) is 2.85. The van der Waals surface area contributed by atoms with Crippen LogP contribution >= 0.6 is 11.3 Å². The minimum absolute atomic E-state index is 0.00670. The summed E-state index contributed by atoms with van der Waals surface area (Å²) in [6.45, 7) is 4.39. The Kier molecular flexibility index (Phi) is 4.81. The third-order valence-corrected chi connectivity index (χ3v) is 5.04. The number of thiazole rings is 1. The Balaban J connectivity index is 1.65. The fourth-order valence-electron chi connectivity index (χ4n) is 2.91. The van der Waals surface area contributed by atoms with Gasteiger partial charge in [0.1, 0.15) is 0 Å². The van der Waals surface area contributed by atoms with Crippen LogP contribution in [0.3, 0.4) is 0 Å². The van der Waals surface area contributed by atoms with Crippen LogP contribution in [0.25, 0.3) is 0 Å². The van der Waals surface area contributed by atoms with Crippen LogP contribution in [-0.2, 0) is 11.3 Å². The number of aryl methyl sites for hydroxylation is 1. The molecule has 5 nitrogen and oxygen atoms in total. The van der Waals surface area contributed by atoms with Gasteiger partial charge in [-0.1, -0.05) is 23.5 Å². The van der Waals surface area contributed by atoms with Gasteiger partial charge in [0.2, 0.25) is 5.91 Å². The van der Waals surface area contributed by atoms with Crippen molar-refractivity contribution in [3.05, 3.63) is 45.0 Å². The number of hydrogen-bond acceptors (Lipinski definition) is 4. The number of hydrogen-bond donors (Lipinski definition) is 1. The maximum atomic E-state index is 12.3. The van der Waals surface area contributed by atoms with Crippen molar-refractivity contribution in [1.82, 2.24) is 4.57 Å². The molecule has 0 unspecified atom stereocenters. The summed E-state index contributed by atoms with van der Waals surface area (Å²) in [4.78, 5) is 26.2. The summed E-state index contributed by atoms with van der Waals surface area (Å²) in [7, 11) is 0. The minimum atomic E-state index is -0.0610. The van der Waals surface area contributed by atoms with Crippen molar-refractivity contribution < 1.29 is 4.79 Å². The first kappa shape index (κ1) is 15.8. The van der Waals surface area contributed by atoms with Crippen molar-refractivity contribution >= 4 is 28.6 Å². The SMILES string of the molecule is Cc1csc(=O)n1CCC(=O)Nc1ccccc1N1CCCC1. The van der Waals surface area contributed by atoms with Gasteiger partial charge in [-0.05, 0) is 31.9 Å². The lowest BCUT2D eigenvalue weighted by Crippen LogP contribution is -2.23. The monoisotopic (exact) mass is 331 g/mol. The van der Waals surface area contributed by atoms with E-state index in [1.807, 2.05) is 30.5 Å². The zero-order valence-electron chi connectivity index (χ0n) is 13.2. The van der Waals surface area contributed by atoms with E-state index >= 15 is 0 Å². The molecule has 0 bridgehead atoms. The van der Waals surface area contributed by atoms with E-state index in [1.54, 1.807) is 4.57 Å². The maximum absolute atomic E-state index is 12.3. The topological polar surface area (TPSA) is 54.3 Å². The highest BCUT2D eigenvalue weighted by Gasteiger charge is 2.16. The fraction of sp³-hybridized carbons (Fsp3) is 0.412. The van der Waals surface area contributed by atoms with E-state index in [-0.39, 0.29) is 10.8 Å². The Bertz CT molecular complexity index is 744. The molecule has 6 heteroatoms. The molecule has 1 saturated heterocycles. The van der Waals surface area contributed by atoms with Crippen molar-refractivity contribution in [2.75, 3.05) is 23.3 Å². The smallest absolute Gasteiger partial charge is 0.307 e. The second-order valence-corrected chi connectivity index (χ2v) is 6.62. The van der Waals surface area contributed by atoms with E-state index in [0.717, 1.165) is 30.2 Å². The van der Waals surface area contributed by atoms with Crippen molar-refractivity contribution in [2.24, 2.45) is 0 Å². The number of para-hydroxylation sites is 2. The third-order valence-electron chi connectivity index (χ3n) is 4.16. The van der Waals surface area contributed by atoms with Crippen LogP contribution in [0, 0.1) is 6.92 Å². The predicted molar refractivity (Wildman–Crippen MR) is 94.5 cm³/mol. The Morgan fingerprint density at radius 3 is 2.70 bits per heavy atom. The standard InChI is InChI=1S/C17H21N3O2S/c1-13-12-23-17(22)20(13)11-8-16(21)18-14-6-2-3-7-15(14)19-9-4-5-10-19/h2-3,6-7,12H,4-5,8-11H2,1H3,(H,18,21). The summed E-state index contributed by atoms with van der Waals surface area (Å²) in [5.74, 6) is -0.0610. The van der Waals surface area contributed by atoms with E-state index in [4.69, 9.17) is 0 Å². The summed E-state index contributed by atoms with van der Waals surface area (Å²) in [6, 6.07) is 7.92. The van der Waals surface area contributed by atoms with Crippen LogP contribution in [0.2, 0.25) is 0 Å². The molecule has 1 aliphatic rings. The third kappa shape index (κ3) is 3.64. The lowest BCUT2D eigenvalue weighted by molar-refractivity contribution is -0.116. The van der Waals surface area contributed by atoms with Gasteiger partial charge >= 0.3 is 4.87 Å². The average Bonchev–Trinajstić information content (AvgIpc) is 3.17. The number of amides is 1. The number of aromatic nitrogens is 1. The number of carbonyl (C=O) groups is 1. The quantitative estimate of drug-likeness (QED) is 0.916. The summed E-state index contributed by atoms with van der Waals surface area (Å²) in [6.07, 6.45) is 2.69. The fourth-order valence-corrected chi connectivity index (χ4v) is 3.67. The van der Waals surface area contributed by atoms with Crippen LogP contribution in [0.4, 0.5) is 11.4 Å². The molecule has 1 aromatic heterocycles. The number of nitrogens with one attached hydrogen (secondary N) is 1. The summed E-state index contributed by atoms with van der Waals surface area (Å²) in [5.41, 5.74) is 2.85. The van der Waals surface area contributed by atoms with Crippen molar-refractivity contribution in [3.8, 4) is 0 Å². The molecular formula is C17H21N3O2S. The lowest BCUT2D eigenvalue weighted by atomic mass is 10.2. The first-order chi connectivity index (χ1) is 11.1. The van der Waals surface area contributed by atoms with Gasteiger partial charge in [0, 0.05) is 37.1 Å². The van der Waals surface area contributed by atoms with Crippen molar-refractivity contribution in [1.29, 1.82) is 0 Å². The molecule has 1 N–H and O–H groups in total. The van der Waals surface area contributed by atoms with E-state index in [2.05, 4.69) is 16.3 Å². The maximum Gasteiger partial charge on any atom is 0.307 e. The summed E-state index contributed by atoms with van der Waals surface area (Å²) in [5, 5.41) is 4.82. The number of nitrogens with zero attached hydrogens (tertiary/aromatic N) is 2. The molecule has 0 spiro atoms. The van der Waals surface area contributed by atoms with Crippen LogP contribution < -0.4 is 15.1 Å². The molecule has 1 aromatic carbocycles. The second-order valence-electron chi connectivity index (χ2n) is 5.80. The number of rotatable bonds is 5. The molecular weight excluding hydrogens is 310 g/mol. The van der Waals surface area contributed by atoms with Crippen LogP contribution in [0.5, 0.6) is 0 Å². The molecule has 0 radical (unpaired) electrons. The van der Waals surface area contributed by atoms with E-state index in [0.29, 0.717) is 13.0 Å². The largest absolute Gasteiger partial charge is 0.370 e. The molecule has 23 heavy (non-hydrogen) atoms. The molecule has 0 saturated carbocycles. The highest BCUT2D eigenvalue weighted by molar-refractivity contribution is 7.07. The van der Waals surface area contributed by atoms with Crippen LogP contribution in [0.1, 0.15) is 25.0 Å². The van der Waals surface area contributed by atoms with Gasteiger partial charge in [-0.15, -0.1) is 0 Å². The summed E-state index contributed by atoms with van der Waals surface area (Å²) < 4.78 is 1.65. The van der Waals surface area contributed by atoms with E-state index in [1.165, 1.54) is 24.2 Å². The van der Waals surface area contributed by atoms with Gasteiger partial charge < -0.3 is 14.8 Å². The molecule has 2 heterocycles. The Morgan fingerprint density at radius 2 is 2.00 bits per heavy atom. The van der Waals surface area contributed by atoms with Crippen molar-refractivity contribution in [2.45, 2.75) is 32.7 Å². The highest BCUT2D eigenvalue weighted by Crippen LogP contribution is 2.28. The van der Waals surface area contributed by atoms with Crippen LogP contribution in [-0.4, -0.2) is 23.6 Å². The zero-order valence-corrected chi connectivity index (χ0v) is 14.1. The molecule has 0 aliphatic carbocycles. The van der Waals surface area contributed by atoms with E-state index < -0.39 is 0 Å². The number of benzene rings is 1. The van der Waals surface area contributed by atoms with Gasteiger partial charge in [-0.3, -0.25) is 9.59 Å². The molecule has 2 aromatic rings. The Morgan fingerprint density at radius 1 is 1.26 bits per heavy atom. The van der Waals surface area contributed by atoms with Crippen molar-refractivity contribution in [3.63, 3.8) is 0 Å². The Hall–Kier alpha value is -2.08. The number of anilines is 2. The molecule has 1 aliphatic heterocycles. The summed E-state index contributed by atoms with van der Waals surface area (Å²) >= 11 is 1.17. The number of carbonyl (C=O) groups excluding carboxylic acids is 1. The average molecular weight is 331 g/mol. The van der Waals surface area contributed by atoms with Gasteiger partial charge in [0.15, 0.2) is 0 Å².